The van der Waals surface area contributed by atoms with E-state index in [0.717, 1.165) is 19.3 Å². The fraction of sp³-hybridized carbons (Fsp3) is 0.833. The lowest BCUT2D eigenvalue weighted by Crippen LogP contribution is -2.38. The first-order valence-electron chi connectivity index (χ1n) is 5.62. The number of nitrogens with two attached hydrogens (primary N) is 1. The Bertz CT molecular complexity index is 208. The molecule has 0 radical (unpaired) electrons. The molecular weight excluding hydrogens is 174 g/mol. The van der Waals surface area contributed by atoms with Gasteiger partial charge in [0, 0.05) is 12.0 Å². The Hall–Kier alpha value is -0.340. The third-order valence-electron chi connectivity index (χ3n) is 3.02. The topological polar surface area (TPSA) is 46.2 Å². The molecule has 1 rings (SSSR count). The van der Waals surface area contributed by atoms with Gasteiger partial charge in [0.25, 0.3) is 0 Å². The highest BCUT2D eigenvalue weighted by molar-refractivity contribution is 5.11. The van der Waals surface area contributed by atoms with E-state index in [0.29, 0.717) is 5.92 Å². The third kappa shape index (κ3) is 3.10. The Kier molecular flexibility index (Phi) is 4.14. The zero-order valence-electron chi connectivity index (χ0n) is 9.53. The van der Waals surface area contributed by atoms with Gasteiger partial charge in [0.2, 0.25) is 0 Å². The minimum atomic E-state index is -0.277. The van der Waals surface area contributed by atoms with Crippen molar-refractivity contribution >= 4 is 0 Å². The van der Waals surface area contributed by atoms with Crippen LogP contribution in [0.2, 0.25) is 0 Å². The fourth-order valence-electron chi connectivity index (χ4n) is 2.23. The van der Waals surface area contributed by atoms with Crippen LogP contribution in [0.1, 0.15) is 40.0 Å². The van der Waals surface area contributed by atoms with E-state index in [1.165, 1.54) is 5.57 Å². The smallest absolute Gasteiger partial charge is 0.0558 e. The van der Waals surface area contributed by atoms with Gasteiger partial charge in [-0.05, 0) is 32.1 Å². The van der Waals surface area contributed by atoms with Crippen molar-refractivity contribution in [2.45, 2.75) is 52.2 Å². The van der Waals surface area contributed by atoms with E-state index in [2.05, 4.69) is 19.9 Å². The Balaban J connectivity index is 2.57. The number of hydrogen-bond acceptors (Lipinski definition) is 2. The highest BCUT2D eigenvalue weighted by Gasteiger charge is 2.26. The van der Waals surface area contributed by atoms with Gasteiger partial charge in [-0.25, -0.2) is 0 Å². The zero-order chi connectivity index (χ0) is 10.7. The quantitative estimate of drug-likeness (QED) is 0.680. The second-order valence-electron chi connectivity index (χ2n) is 4.97. The first kappa shape index (κ1) is 11.7. The van der Waals surface area contributed by atoms with Gasteiger partial charge in [-0.3, -0.25) is 0 Å². The van der Waals surface area contributed by atoms with Crippen molar-refractivity contribution in [1.29, 1.82) is 0 Å². The average Bonchev–Trinajstić information content (AvgIpc) is 2.07. The van der Waals surface area contributed by atoms with E-state index in [9.17, 15) is 5.11 Å². The maximum absolute atomic E-state index is 9.59. The van der Waals surface area contributed by atoms with Crippen molar-refractivity contribution in [3.63, 3.8) is 0 Å². The second kappa shape index (κ2) is 4.94. The monoisotopic (exact) mass is 197 g/mol. The summed E-state index contributed by atoms with van der Waals surface area (Å²) < 4.78 is 0. The summed E-state index contributed by atoms with van der Waals surface area (Å²) in [5, 5.41) is 9.59. The lowest BCUT2D eigenvalue weighted by atomic mass is 9.80. The fourth-order valence-corrected chi connectivity index (χ4v) is 2.23. The Morgan fingerprint density at radius 3 is 2.64 bits per heavy atom. The lowest BCUT2D eigenvalue weighted by molar-refractivity contribution is 0.105. The molecule has 3 N–H and O–H groups in total. The van der Waals surface area contributed by atoms with Crippen molar-refractivity contribution in [3.8, 4) is 0 Å². The summed E-state index contributed by atoms with van der Waals surface area (Å²) in [6.07, 6.45) is 5.05. The molecule has 14 heavy (non-hydrogen) atoms. The highest BCUT2D eigenvalue weighted by atomic mass is 16.3. The van der Waals surface area contributed by atoms with Crippen molar-refractivity contribution < 1.29 is 5.11 Å². The lowest BCUT2D eigenvalue weighted by Gasteiger charge is -2.31. The number of rotatable bonds is 3. The normalized spacial score (nSPS) is 30.3. The first-order chi connectivity index (χ1) is 6.50. The van der Waals surface area contributed by atoms with E-state index in [4.69, 9.17) is 5.73 Å². The average molecular weight is 197 g/mol. The molecule has 0 spiro atoms. The number of aliphatic hydroxyl groups is 1. The van der Waals surface area contributed by atoms with Gasteiger partial charge in [-0.1, -0.05) is 25.5 Å². The van der Waals surface area contributed by atoms with Crippen LogP contribution in [0.5, 0.6) is 0 Å². The highest BCUT2D eigenvalue weighted by Crippen LogP contribution is 2.29. The second-order valence-corrected chi connectivity index (χ2v) is 4.97. The van der Waals surface area contributed by atoms with Gasteiger partial charge >= 0.3 is 0 Å². The van der Waals surface area contributed by atoms with Crippen LogP contribution in [-0.4, -0.2) is 17.3 Å². The van der Waals surface area contributed by atoms with E-state index in [1.807, 2.05) is 6.92 Å². The van der Waals surface area contributed by atoms with Gasteiger partial charge in [-0.15, -0.1) is 0 Å². The van der Waals surface area contributed by atoms with Crippen LogP contribution in [0.15, 0.2) is 11.6 Å². The summed E-state index contributed by atoms with van der Waals surface area (Å²) in [6.45, 7) is 6.31. The minimum absolute atomic E-state index is 0.144. The third-order valence-corrected chi connectivity index (χ3v) is 3.02. The van der Waals surface area contributed by atoms with Crippen LogP contribution >= 0.6 is 0 Å². The van der Waals surface area contributed by atoms with Crippen molar-refractivity contribution in [2.24, 2.45) is 17.6 Å². The summed E-state index contributed by atoms with van der Waals surface area (Å²) in [6, 6.07) is 0.144. The molecular formula is C12H23NO. The molecule has 3 atom stereocenters. The SMILES string of the molecule is CC(C)CC1=CCC(N)C(C(C)O)C1. The number of hydrogen-bond donors (Lipinski definition) is 2. The van der Waals surface area contributed by atoms with Crippen LogP contribution in [0.4, 0.5) is 0 Å². The summed E-state index contributed by atoms with van der Waals surface area (Å²) in [5.74, 6) is 0.957. The zero-order valence-corrected chi connectivity index (χ0v) is 9.53. The molecule has 0 saturated carbocycles. The Morgan fingerprint density at radius 1 is 1.50 bits per heavy atom. The van der Waals surface area contributed by atoms with E-state index >= 15 is 0 Å². The summed E-state index contributed by atoms with van der Waals surface area (Å²) in [5.41, 5.74) is 7.45. The Labute approximate surface area is 87.2 Å². The van der Waals surface area contributed by atoms with Gasteiger partial charge < -0.3 is 10.8 Å². The molecule has 3 unspecified atom stereocenters. The molecule has 2 nitrogen and oxygen atoms in total. The Morgan fingerprint density at radius 2 is 2.14 bits per heavy atom. The molecule has 1 aliphatic carbocycles. The van der Waals surface area contributed by atoms with Crippen molar-refractivity contribution in [1.82, 2.24) is 0 Å². The maximum atomic E-state index is 9.59. The van der Waals surface area contributed by atoms with Crippen LogP contribution in [0.25, 0.3) is 0 Å². The van der Waals surface area contributed by atoms with E-state index in [1.54, 1.807) is 0 Å². The summed E-state index contributed by atoms with van der Waals surface area (Å²) in [7, 11) is 0. The van der Waals surface area contributed by atoms with Gasteiger partial charge in [-0.2, -0.15) is 0 Å². The molecule has 82 valence electrons. The van der Waals surface area contributed by atoms with Crippen molar-refractivity contribution in [2.75, 3.05) is 0 Å². The molecule has 0 amide bonds. The van der Waals surface area contributed by atoms with Crippen LogP contribution in [0, 0.1) is 11.8 Å². The number of aliphatic hydroxyl groups excluding tert-OH is 1. The van der Waals surface area contributed by atoms with Crippen LogP contribution in [-0.2, 0) is 0 Å². The van der Waals surface area contributed by atoms with Gasteiger partial charge in [0.05, 0.1) is 6.10 Å². The predicted octanol–water partition coefficient (Wildman–Crippen LogP) is 2.08. The van der Waals surface area contributed by atoms with E-state index < -0.39 is 0 Å². The summed E-state index contributed by atoms with van der Waals surface area (Å²) in [4.78, 5) is 0. The number of allylic oxidation sites excluding steroid dienone is 1. The summed E-state index contributed by atoms with van der Waals surface area (Å²) >= 11 is 0. The molecule has 0 fully saturated rings. The van der Waals surface area contributed by atoms with Crippen LogP contribution < -0.4 is 5.73 Å². The molecule has 0 aliphatic heterocycles. The van der Waals surface area contributed by atoms with E-state index in [-0.39, 0.29) is 18.1 Å². The molecule has 0 aromatic rings. The largest absolute Gasteiger partial charge is 0.393 e. The molecule has 0 heterocycles. The molecule has 2 heteroatoms. The minimum Gasteiger partial charge on any atom is -0.393 e. The molecule has 0 aromatic heterocycles. The van der Waals surface area contributed by atoms with Crippen molar-refractivity contribution in [3.05, 3.63) is 11.6 Å². The first-order valence-corrected chi connectivity index (χ1v) is 5.62. The van der Waals surface area contributed by atoms with Gasteiger partial charge in [0.15, 0.2) is 0 Å². The van der Waals surface area contributed by atoms with Crippen LogP contribution in [0.3, 0.4) is 0 Å². The molecule has 0 saturated heterocycles. The molecule has 1 aliphatic rings. The molecule has 0 bridgehead atoms. The van der Waals surface area contributed by atoms with Gasteiger partial charge in [0.1, 0.15) is 0 Å². The molecule has 0 aromatic carbocycles. The predicted molar refractivity (Wildman–Crippen MR) is 59.9 cm³/mol. The maximum Gasteiger partial charge on any atom is 0.0558 e. The standard InChI is InChI=1S/C12H23NO/c1-8(2)6-10-4-5-12(13)11(7-10)9(3)14/h4,8-9,11-12,14H,5-7,13H2,1-3H3.